The van der Waals surface area contributed by atoms with E-state index in [-0.39, 0.29) is 5.91 Å². The fourth-order valence-corrected chi connectivity index (χ4v) is 1.84. The van der Waals surface area contributed by atoms with E-state index in [1.165, 1.54) is 0 Å². The number of aromatic nitrogens is 1. The van der Waals surface area contributed by atoms with Gasteiger partial charge in [-0.15, -0.1) is 0 Å². The van der Waals surface area contributed by atoms with Gasteiger partial charge in [0.05, 0.1) is 12.2 Å². The molecular weight excluding hydrogens is 242 g/mol. The van der Waals surface area contributed by atoms with Gasteiger partial charge in [0.25, 0.3) is 5.91 Å². The number of amides is 1. The van der Waals surface area contributed by atoms with E-state index in [9.17, 15) is 4.79 Å². The zero-order chi connectivity index (χ0) is 13.8. The van der Waals surface area contributed by atoms with Gasteiger partial charge in [0.2, 0.25) is 0 Å². The first-order valence-electron chi connectivity index (χ1n) is 6.09. The third kappa shape index (κ3) is 3.13. The molecule has 0 aliphatic carbocycles. The molecule has 5 nitrogen and oxygen atoms in total. The highest BCUT2D eigenvalue weighted by Gasteiger charge is 2.10. The number of hydrogen-bond donors (Lipinski definition) is 2. The van der Waals surface area contributed by atoms with Crippen LogP contribution in [0.1, 0.15) is 27.4 Å². The quantitative estimate of drug-likeness (QED) is 0.883. The maximum atomic E-state index is 12.1. The Morgan fingerprint density at radius 2 is 2.11 bits per heavy atom. The monoisotopic (exact) mass is 259 g/mol. The molecule has 5 heteroatoms. The Bertz CT molecular complexity index is 590. The van der Waals surface area contributed by atoms with Gasteiger partial charge in [-0.1, -0.05) is 5.16 Å². The van der Waals surface area contributed by atoms with E-state index in [4.69, 9.17) is 4.52 Å². The predicted molar refractivity (Wildman–Crippen MR) is 73.1 cm³/mol. The van der Waals surface area contributed by atoms with Gasteiger partial charge in [0, 0.05) is 24.4 Å². The Balaban J connectivity index is 2.03. The largest absolute Gasteiger partial charge is 0.388 e. The third-order valence-electron chi connectivity index (χ3n) is 2.86. The molecule has 2 aromatic rings. The normalized spacial score (nSPS) is 10.3. The zero-order valence-corrected chi connectivity index (χ0v) is 11.3. The van der Waals surface area contributed by atoms with Gasteiger partial charge in [0.15, 0.2) is 5.76 Å². The smallest absolute Gasteiger partial charge is 0.251 e. The van der Waals surface area contributed by atoms with Gasteiger partial charge in [-0.05, 0) is 37.6 Å². The molecule has 0 atom stereocenters. The number of nitrogens with one attached hydrogen (secondary N) is 2. The first-order chi connectivity index (χ1) is 9.10. The van der Waals surface area contributed by atoms with Crippen LogP contribution in [0.3, 0.4) is 0 Å². The highest BCUT2D eigenvalue weighted by molar-refractivity contribution is 5.95. The molecule has 0 unspecified atom stereocenters. The molecule has 0 saturated heterocycles. The molecule has 0 saturated carbocycles. The third-order valence-corrected chi connectivity index (χ3v) is 2.86. The van der Waals surface area contributed by atoms with Crippen molar-refractivity contribution >= 4 is 11.6 Å². The van der Waals surface area contributed by atoms with Crippen molar-refractivity contribution in [1.82, 2.24) is 10.5 Å². The van der Waals surface area contributed by atoms with E-state index < -0.39 is 0 Å². The van der Waals surface area contributed by atoms with Gasteiger partial charge in [-0.2, -0.15) is 0 Å². The van der Waals surface area contributed by atoms with E-state index in [0.717, 1.165) is 16.9 Å². The molecule has 0 radical (unpaired) electrons. The van der Waals surface area contributed by atoms with Crippen LogP contribution < -0.4 is 10.6 Å². The molecule has 1 amide bonds. The summed E-state index contributed by atoms with van der Waals surface area (Å²) in [4.78, 5) is 12.1. The van der Waals surface area contributed by atoms with E-state index in [1.807, 2.05) is 39.1 Å². The summed E-state index contributed by atoms with van der Waals surface area (Å²) in [5.41, 5.74) is 3.38. The number of carbonyl (C=O) groups is 1. The van der Waals surface area contributed by atoms with Crippen LogP contribution in [0, 0.1) is 13.8 Å². The molecule has 0 aliphatic heterocycles. The number of anilines is 1. The lowest BCUT2D eigenvalue weighted by Crippen LogP contribution is -2.23. The zero-order valence-electron chi connectivity index (χ0n) is 11.3. The van der Waals surface area contributed by atoms with E-state index >= 15 is 0 Å². The lowest BCUT2D eigenvalue weighted by atomic mass is 10.1. The van der Waals surface area contributed by atoms with Crippen LogP contribution in [0.5, 0.6) is 0 Å². The minimum Gasteiger partial charge on any atom is -0.388 e. The maximum absolute atomic E-state index is 12.1. The van der Waals surface area contributed by atoms with Gasteiger partial charge in [0.1, 0.15) is 0 Å². The molecule has 0 fully saturated rings. The second-order valence-corrected chi connectivity index (χ2v) is 4.40. The Hall–Kier alpha value is -2.30. The molecule has 1 aromatic heterocycles. The fourth-order valence-electron chi connectivity index (χ4n) is 1.84. The molecule has 2 rings (SSSR count). The van der Waals surface area contributed by atoms with Crippen molar-refractivity contribution in [2.75, 3.05) is 12.4 Å². The average molecular weight is 259 g/mol. The summed E-state index contributed by atoms with van der Waals surface area (Å²) < 4.78 is 5.04. The van der Waals surface area contributed by atoms with Gasteiger partial charge in [-0.25, -0.2) is 0 Å². The molecule has 0 spiro atoms. The minimum atomic E-state index is -0.116. The SMILES string of the molecule is CNc1ccc(C(=O)NCc2cc(C)no2)c(C)c1. The standard InChI is InChI=1S/C14H17N3O2/c1-9-6-11(15-3)4-5-13(9)14(18)16-8-12-7-10(2)17-19-12/h4-7,15H,8H2,1-3H3,(H,16,18). The van der Waals surface area contributed by atoms with E-state index in [0.29, 0.717) is 17.9 Å². The molecule has 1 heterocycles. The number of rotatable bonds is 4. The van der Waals surface area contributed by atoms with Crippen molar-refractivity contribution in [1.29, 1.82) is 0 Å². The van der Waals surface area contributed by atoms with Crippen LogP contribution in [0.25, 0.3) is 0 Å². The lowest BCUT2D eigenvalue weighted by Gasteiger charge is -2.08. The Labute approximate surface area is 112 Å². The number of carbonyl (C=O) groups excluding carboxylic acids is 1. The van der Waals surface area contributed by atoms with Crippen LogP contribution in [-0.4, -0.2) is 18.1 Å². The van der Waals surface area contributed by atoms with Crippen LogP contribution in [0.4, 0.5) is 5.69 Å². The molecule has 19 heavy (non-hydrogen) atoms. The van der Waals surface area contributed by atoms with Gasteiger partial charge < -0.3 is 15.2 Å². The fraction of sp³-hybridized carbons (Fsp3) is 0.286. The van der Waals surface area contributed by atoms with Crippen molar-refractivity contribution in [3.63, 3.8) is 0 Å². The molecule has 100 valence electrons. The van der Waals surface area contributed by atoms with Crippen molar-refractivity contribution in [2.45, 2.75) is 20.4 Å². The summed E-state index contributed by atoms with van der Waals surface area (Å²) in [7, 11) is 1.85. The molecule has 2 N–H and O–H groups in total. The van der Waals surface area contributed by atoms with Gasteiger partial charge >= 0.3 is 0 Å². The van der Waals surface area contributed by atoms with Gasteiger partial charge in [-0.3, -0.25) is 4.79 Å². The number of nitrogens with zero attached hydrogens (tertiary/aromatic N) is 1. The number of aryl methyl sites for hydroxylation is 2. The molecule has 0 bridgehead atoms. The highest BCUT2D eigenvalue weighted by atomic mass is 16.5. The van der Waals surface area contributed by atoms with Crippen LogP contribution in [0.2, 0.25) is 0 Å². The first-order valence-corrected chi connectivity index (χ1v) is 6.09. The Morgan fingerprint density at radius 3 is 2.68 bits per heavy atom. The topological polar surface area (TPSA) is 67.2 Å². The molecular formula is C14H17N3O2. The second kappa shape index (κ2) is 5.56. The van der Waals surface area contributed by atoms with Crippen molar-refractivity contribution in [3.05, 3.63) is 46.8 Å². The average Bonchev–Trinajstić information content (AvgIpc) is 2.81. The second-order valence-electron chi connectivity index (χ2n) is 4.40. The Morgan fingerprint density at radius 1 is 1.32 bits per heavy atom. The summed E-state index contributed by atoms with van der Waals surface area (Å²) in [5, 5.41) is 9.63. The molecule has 1 aromatic carbocycles. The van der Waals surface area contributed by atoms with Crippen LogP contribution in [0.15, 0.2) is 28.8 Å². The summed E-state index contributed by atoms with van der Waals surface area (Å²) in [6.45, 7) is 4.09. The minimum absolute atomic E-state index is 0.116. The summed E-state index contributed by atoms with van der Waals surface area (Å²) in [6, 6.07) is 7.42. The Kier molecular flexibility index (Phi) is 3.85. The maximum Gasteiger partial charge on any atom is 0.251 e. The first kappa shape index (κ1) is 13.1. The summed E-state index contributed by atoms with van der Waals surface area (Å²) in [5.74, 6) is 0.532. The van der Waals surface area contributed by atoms with Crippen LogP contribution >= 0.6 is 0 Å². The summed E-state index contributed by atoms with van der Waals surface area (Å²) >= 11 is 0. The number of hydrogen-bond acceptors (Lipinski definition) is 4. The summed E-state index contributed by atoms with van der Waals surface area (Å²) in [6.07, 6.45) is 0. The number of benzene rings is 1. The molecule has 0 aliphatic rings. The van der Waals surface area contributed by atoms with Crippen LogP contribution in [-0.2, 0) is 6.54 Å². The van der Waals surface area contributed by atoms with E-state index in [1.54, 1.807) is 6.07 Å². The highest BCUT2D eigenvalue weighted by Crippen LogP contribution is 2.14. The lowest BCUT2D eigenvalue weighted by molar-refractivity contribution is 0.0946. The van der Waals surface area contributed by atoms with E-state index in [2.05, 4.69) is 15.8 Å². The predicted octanol–water partition coefficient (Wildman–Crippen LogP) is 2.26. The van der Waals surface area contributed by atoms with Crippen molar-refractivity contribution in [3.8, 4) is 0 Å². The van der Waals surface area contributed by atoms with Crippen molar-refractivity contribution < 1.29 is 9.32 Å². The van der Waals surface area contributed by atoms with Crippen molar-refractivity contribution in [2.24, 2.45) is 0 Å².